The molecule has 1 radical (unpaired) electrons. The molecule has 0 aliphatic heterocycles. The number of nitro groups is 1. The Balaban J connectivity index is 2.67. The standard InChI is InChI=1S/C12H13N4O4/c1-6(2)13-5-7-3-8(16(19)20)4-9-10(7)15-12(18)11(17)14-9/h3-4,13H,5H2,1-2H3,(H,14,17)(H,15,18). The van der Waals surface area contributed by atoms with Gasteiger partial charge in [0.25, 0.3) is 5.69 Å². The summed E-state index contributed by atoms with van der Waals surface area (Å²) in [7, 11) is 0. The van der Waals surface area contributed by atoms with Gasteiger partial charge in [-0.15, -0.1) is 0 Å². The number of hydrogen-bond donors (Lipinski definition) is 3. The summed E-state index contributed by atoms with van der Waals surface area (Å²) in [5.41, 5.74) is -0.627. The van der Waals surface area contributed by atoms with Gasteiger partial charge in [0.15, 0.2) is 0 Å². The fourth-order valence-electron chi connectivity index (χ4n) is 1.80. The van der Waals surface area contributed by atoms with Gasteiger partial charge in [-0.1, -0.05) is 0 Å². The third-order valence-electron chi connectivity index (χ3n) is 2.74. The fraction of sp³-hybridized carbons (Fsp3) is 0.250. The molecule has 0 saturated carbocycles. The monoisotopic (exact) mass is 277 g/mol. The Labute approximate surface area is 113 Å². The van der Waals surface area contributed by atoms with Crippen molar-refractivity contribution in [2.45, 2.75) is 20.4 Å². The number of non-ortho nitro benzene ring substituents is 1. The van der Waals surface area contributed by atoms with Gasteiger partial charge in [0.05, 0.1) is 16.0 Å². The molecule has 2 aromatic rings. The molecule has 0 fully saturated rings. The molecular formula is C12H13N4O4. The maximum atomic E-state index is 11.4. The predicted octanol–water partition coefficient (Wildman–Crippen LogP) is 0.786. The van der Waals surface area contributed by atoms with Crippen molar-refractivity contribution in [2.24, 2.45) is 0 Å². The van der Waals surface area contributed by atoms with Crippen LogP contribution in [0, 0.1) is 16.2 Å². The molecule has 1 heterocycles. The Bertz CT molecular complexity index is 775. The zero-order valence-electron chi connectivity index (χ0n) is 10.9. The zero-order chi connectivity index (χ0) is 14.9. The minimum atomic E-state index is -0.838. The summed E-state index contributed by atoms with van der Waals surface area (Å²) in [4.78, 5) is 37.8. The van der Waals surface area contributed by atoms with Crippen LogP contribution in [0.5, 0.6) is 0 Å². The normalized spacial score (nSPS) is 11.2. The van der Waals surface area contributed by atoms with E-state index in [4.69, 9.17) is 0 Å². The molecule has 0 amide bonds. The summed E-state index contributed by atoms with van der Waals surface area (Å²) in [6.07, 6.45) is 0. The molecule has 3 N–H and O–H groups in total. The van der Waals surface area contributed by atoms with E-state index in [0.29, 0.717) is 17.6 Å². The van der Waals surface area contributed by atoms with Crippen LogP contribution in [0.3, 0.4) is 0 Å². The molecule has 1 aromatic carbocycles. The largest absolute Gasteiger partial charge is 0.316 e. The number of benzene rings is 1. The molecule has 0 aliphatic carbocycles. The molecule has 0 unspecified atom stereocenters. The second kappa shape index (κ2) is 5.25. The van der Waals surface area contributed by atoms with Gasteiger partial charge in [0.2, 0.25) is 0 Å². The fourth-order valence-corrected chi connectivity index (χ4v) is 1.80. The second-order valence-corrected chi connectivity index (χ2v) is 4.55. The summed E-state index contributed by atoms with van der Waals surface area (Å²) >= 11 is 0. The lowest BCUT2D eigenvalue weighted by Gasteiger charge is -2.09. The van der Waals surface area contributed by atoms with Crippen molar-refractivity contribution in [2.75, 3.05) is 0 Å². The summed E-state index contributed by atoms with van der Waals surface area (Å²) in [5, 5.41) is 13.9. The van der Waals surface area contributed by atoms with Gasteiger partial charge in [0, 0.05) is 24.7 Å². The Morgan fingerprint density at radius 1 is 1.25 bits per heavy atom. The molecular weight excluding hydrogens is 264 g/mol. The van der Waals surface area contributed by atoms with Crippen LogP contribution in [0.4, 0.5) is 5.69 Å². The van der Waals surface area contributed by atoms with Gasteiger partial charge >= 0.3 is 11.1 Å². The van der Waals surface area contributed by atoms with E-state index in [1.165, 1.54) is 12.1 Å². The zero-order valence-corrected chi connectivity index (χ0v) is 10.9. The molecule has 0 saturated heterocycles. The van der Waals surface area contributed by atoms with E-state index in [9.17, 15) is 19.7 Å². The van der Waals surface area contributed by atoms with Gasteiger partial charge < -0.3 is 15.3 Å². The Morgan fingerprint density at radius 2 is 1.90 bits per heavy atom. The molecule has 0 bridgehead atoms. The van der Waals surface area contributed by atoms with Crippen molar-refractivity contribution in [3.8, 4) is 0 Å². The van der Waals surface area contributed by atoms with E-state index in [-0.39, 0.29) is 11.2 Å². The van der Waals surface area contributed by atoms with Crippen LogP contribution in [-0.4, -0.2) is 14.9 Å². The average molecular weight is 277 g/mol. The Morgan fingerprint density at radius 3 is 2.50 bits per heavy atom. The van der Waals surface area contributed by atoms with Gasteiger partial charge in [-0.3, -0.25) is 19.7 Å². The van der Waals surface area contributed by atoms with E-state index < -0.39 is 16.0 Å². The first-order valence-corrected chi connectivity index (χ1v) is 5.86. The minimum absolute atomic E-state index is 0.147. The van der Waals surface area contributed by atoms with Crippen molar-refractivity contribution in [3.63, 3.8) is 0 Å². The van der Waals surface area contributed by atoms with Crippen molar-refractivity contribution in [1.82, 2.24) is 15.3 Å². The van der Waals surface area contributed by atoms with Crippen molar-refractivity contribution in [1.29, 1.82) is 0 Å². The molecule has 0 atom stereocenters. The molecule has 105 valence electrons. The third kappa shape index (κ3) is 2.75. The maximum absolute atomic E-state index is 11.4. The number of nitro benzene ring substituents is 1. The topological polar surface area (TPSA) is 121 Å². The molecule has 0 aliphatic rings. The van der Waals surface area contributed by atoms with Crippen LogP contribution in [-0.2, 0) is 6.54 Å². The summed E-state index contributed by atoms with van der Waals surface area (Å²) in [6, 6.07) is 3.52. The minimum Gasteiger partial charge on any atom is -0.316 e. The van der Waals surface area contributed by atoms with E-state index in [1.807, 2.05) is 13.8 Å². The first-order chi connectivity index (χ1) is 9.38. The highest BCUT2D eigenvalue weighted by Gasteiger charge is 2.14. The number of nitrogens with one attached hydrogen (secondary N) is 3. The average Bonchev–Trinajstić information content (AvgIpc) is 2.37. The van der Waals surface area contributed by atoms with Gasteiger partial charge in [-0.05, 0) is 19.4 Å². The summed E-state index contributed by atoms with van der Waals surface area (Å²) < 4.78 is 0. The first-order valence-electron chi connectivity index (χ1n) is 5.86. The van der Waals surface area contributed by atoms with Crippen LogP contribution in [0.25, 0.3) is 11.0 Å². The van der Waals surface area contributed by atoms with Crippen molar-refractivity contribution < 1.29 is 4.92 Å². The lowest BCUT2D eigenvalue weighted by molar-refractivity contribution is -0.384. The third-order valence-corrected chi connectivity index (χ3v) is 2.74. The highest BCUT2D eigenvalue weighted by atomic mass is 16.6. The van der Waals surface area contributed by atoms with E-state index >= 15 is 0 Å². The van der Waals surface area contributed by atoms with Gasteiger partial charge in [0.1, 0.15) is 0 Å². The molecule has 0 spiro atoms. The highest BCUT2D eigenvalue weighted by molar-refractivity contribution is 5.80. The number of aromatic nitrogens is 2. The van der Waals surface area contributed by atoms with Crippen LogP contribution >= 0.6 is 0 Å². The number of fused-ring (bicyclic) bond motifs is 1. The highest BCUT2D eigenvalue weighted by Crippen LogP contribution is 2.21. The van der Waals surface area contributed by atoms with Crippen LogP contribution < -0.4 is 16.4 Å². The van der Waals surface area contributed by atoms with E-state index in [1.54, 1.807) is 0 Å². The summed E-state index contributed by atoms with van der Waals surface area (Å²) in [5.74, 6) is 0. The first kappa shape index (κ1) is 13.9. The number of aromatic amines is 2. The molecule has 1 aromatic heterocycles. The maximum Gasteiger partial charge on any atom is 0.314 e. The smallest absolute Gasteiger partial charge is 0.314 e. The SMILES string of the molecule is C[C](C)NCc1cc([N+](=O)[O-])cc2[nH]c(=O)c(=O)[nH]c12. The predicted molar refractivity (Wildman–Crippen MR) is 73.3 cm³/mol. The number of nitrogens with zero attached hydrogens (tertiary/aromatic N) is 1. The lowest BCUT2D eigenvalue weighted by Crippen LogP contribution is -2.29. The Hall–Kier alpha value is -2.48. The molecule has 8 nitrogen and oxygen atoms in total. The van der Waals surface area contributed by atoms with Crippen LogP contribution in [0.1, 0.15) is 19.4 Å². The van der Waals surface area contributed by atoms with E-state index in [0.717, 1.165) is 6.04 Å². The summed E-state index contributed by atoms with van der Waals surface area (Å²) in [6.45, 7) is 4.01. The quantitative estimate of drug-likeness (QED) is 0.433. The van der Waals surface area contributed by atoms with Crippen LogP contribution in [0.2, 0.25) is 0 Å². The number of H-pyrrole nitrogens is 2. The van der Waals surface area contributed by atoms with E-state index in [2.05, 4.69) is 15.3 Å². The number of rotatable bonds is 4. The van der Waals surface area contributed by atoms with Crippen molar-refractivity contribution in [3.05, 3.63) is 54.6 Å². The Kier molecular flexibility index (Phi) is 3.66. The van der Waals surface area contributed by atoms with Gasteiger partial charge in [-0.25, -0.2) is 0 Å². The lowest BCUT2D eigenvalue weighted by atomic mass is 10.1. The van der Waals surface area contributed by atoms with Gasteiger partial charge in [-0.2, -0.15) is 0 Å². The second-order valence-electron chi connectivity index (χ2n) is 4.55. The van der Waals surface area contributed by atoms with Crippen LogP contribution in [0.15, 0.2) is 21.7 Å². The molecule has 2 rings (SSSR count). The van der Waals surface area contributed by atoms with Crippen molar-refractivity contribution >= 4 is 16.7 Å². The molecule has 8 heteroatoms. The number of hydrogen-bond acceptors (Lipinski definition) is 5. The molecule has 20 heavy (non-hydrogen) atoms.